The zero-order valence-electron chi connectivity index (χ0n) is 17.4. The zero-order chi connectivity index (χ0) is 20.9. The smallest absolute Gasteiger partial charge is 0.135 e. The van der Waals surface area contributed by atoms with Gasteiger partial charge in [-0.25, -0.2) is 0 Å². The summed E-state index contributed by atoms with van der Waals surface area (Å²) in [5, 5.41) is 2.30. The molecule has 0 amide bonds. The molecule has 1 heterocycles. The summed E-state index contributed by atoms with van der Waals surface area (Å²) in [5.74, 6) is 0. The Bertz CT molecular complexity index is 1360. The van der Waals surface area contributed by atoms with Gasteiger partial charge in [0.2, 0.25) is 0 Å². The van der Waals surface area contributed by atoms with Crippen molar-refractivity contribution in [1.29, 1.82) is 0 Å². The lowest BCUT2D eigenvalue weighted by atomic mass is 9.81. The van der Waals surface area contributed by atoms with Crippen LogP contribution in [-0.4, -0.2) is 6.54 Å². The van der Waals surface area contributed by atoms with Crippen molar-refractivity contribution in [3.05, 3.63) is 102 Å². The lowest BCUT2D eigenvalue weighted by molar-refractivity contribution is 0.658. The van der Waals surface area contributed by atoms with Crippen LogP contribution in [0.15, 0.2) is 95.5 Å². The number of benzene rings is 3. The molecule has 1 aromatic heterocycles. The Morgan fingerprint density at radius 2 is 1.67 bits per heavy atom. The van der Waals surface area contributed by atoms with Crippen LogP contribution >= 0.6 is 0 Å². The van der Waals surface area contributed by atoms with E-state index in [2.05, 4.69) is 81.1 Å². The standard InChI is InChI=1S/C28H25NO/c1-4-7-20-21-12-10-19(17-25(21)28(2,3)24(20)14-15-29)18-11-13-27-23(16-18)22-8-5-6-9-26(22)30-27/h4-14,16-17H,1,15,29H2,2-3H3/b20-7-,24-14+. The molecule has 5 rings (SSSR count). The van der Waals surface area contributed by atoms with Gasteiger partial charge in [-0.3, -0.25) is 0 Å². The third-order valence-corrected chi connectivity index (χ3v) is 6.26. The predicted octanol–water partition coefficient (Wildman–Crippen LogP) is 7.00. The first-order valence-electron chi connectivity index (χ1n) is 10.3. The molecule has 2 N–H and O–H groups in total. The highest BCUT2D eigenvalue weighted by Crippen LogP contribution is 2.50. The van der Waals surface area contributed by atoms with Crippen LogP contribution in [0.4, 0.5) is 0 Å². The van der Waals surface area contributed by atoms with Crippen molar-refractivity contribution in [2.75, 3.05) is 6.54 Å². The highest BCUT2D eigenvalue weighted by atomic mass is 16.3. The topological polar surface area (TPSA) is 39.2 Å². The SMILES string of the molecule is C=C/C=C1\C(=C/CN)C(C)(C)c2cc(-c3ccc4oc5ccccc5c4c3)ccc21. The molecule has 3 aromatic carbocycles. The molecule has 148 valence electrons. The van der Waals surface area contributed by atoms with Crippen LogP contribution in [0, 0.1) is 0 Å². The van der Waals surface area contributed by atoms with Gasteiger partial charge in [0.1, 0.15) is 11.2 Å². The van der Waals surface area contributed by atoms with Gasteiger partial charge in [-0.2, -0.15) is 0 Å². The second-order valence-electron chi connectivity index (χ2n) is 8.36. The summed E-state index contributed by atoms with van der Waals surface area (Å²) in [6.07, 6.45) is 6.09. The highest BCUT2D eigenvalue weighted by molar-refractivity contribution is 6.06. The molecule has 0 saturated carbocycles. The van der Waals surface area contributed by atoms with E-state index in [0.29, 0.717) is 6.54 Å². The largest absolute Gasteiger partial charge is 0.456 e. The lowest BCUT2D eigenvalue weighted by Gasteiger charge is -2.22. The molecular weight excluding hydrogens is 366 g/mol. The van der Waals surface area contributed by atoms with Gasteiger partial charge in [0.15, 0.2) is 0 Å². The number of furan rings is 1. The molecule has 0 unspecified atom stereocenters. The van der Waals surface area contributed by atoms with E-state index in [-0.39, 0.29) is 5.41 Å². The molecule has 0 bridgehead atoms. The number of nitrogens with two attached hydrogens (primary N) is 1. The minimum absolute atomic E-state index is 0.105. The maximum Gasteiger partial charge on any atom is 0.135 e. The summed E-state index contributed by atoms with van der Waals surface area (Å²) in [4.78, 5) is 0. The minimum Gasteiger partial charge on any atom is -0.456 e. The average molecular weight is 392 g/mol. The monoisotopic (exact) mass is 391 g/mol. The summed E-state index contributed by atoms with van der Waals surface area (Å²) >= 11 is 0. The number of hydrogen-bond donors (Lipinski definition) is 1. The van der Waals surface area contributed by atoms with Crippen molar-refractivity contribution in [3.8, 4) is 11.1 Å². The molecule has 2 nitrogen and oxygen atoms in total. The van der Waals surface area contributed by atoms with Crippen LogP contribution in [0.1, 0.15) is 25.0 Å². The van der Waals surface area contributed by atoms with Gasteiger partial charge in [0.25, 0.3) is 0 Å². The van der Waals surface area contributed by atoms with Crippen LogP contribution in [-0.2, 0) is 5.41 Å². The number of para-hydroxylation sites is 1. The van der Waals surface area contributed by atoms with Crippen LogP contribution in [0.2, 0.25) is 0 Å². The van der Waals surface area contributed by atoms with Gasteiger partial charge < -0.3 is 10.2 Å². The van der Waals surface area contributed by atoms with Gasteiger partial charge in [-0.05, 0) is 57.7 Å². The first kappa shape index (κ1) is 18.7. The molecule has 0 atom stereocenters. The van der Waals surface area contributed by atoms with Crippen LogP contribution < -0.4 is 5.73 Å². The summed E-state index contributed by atoms with van der Waals surface area (Å²) in [7, 11) is 0. The fourth-order valence-electron chi connectivity index (χ4n) is 4.79. The van der Waals surface area contributed by atoms with Crippen molar-refractivity contribution >= 4 is 27.5 Å². The van der Waals surface area contributed by atoms with E-state index in [1.165, 1.54) is 33.4 Å². The minimum atomic E-state index is -0.105. The Balaban J connectivity index is 1.69. The number of rotatable bonds is 3. The Morgan fingerprint density at radius 3 is 2.47 bits per heavy atom. The second-order valence-corrected chi connectivity index (χ2v) is 8.36. The third kappa shape index (κ3) is 2.68. The van der Waals surface area contributed by atoms with E-state index < -0.39 is 0 Å². The normalized spacial score (nSPS) is 17.8. The van der Waals surface area contributed by atoms with E-state index in [9.17, 15) is 0 Å². The van der Waals surface area contributed by atoms with Gasteiger partial charge in [0, 0.05) is 22.7 Å². The molecule has 0 aliphatic heterocycles. The van der Waals surface area contributed by atoms with Gasteiger partial charge in [0.05, 0.1) is 0 Å². The Morgan fingerprint density at radius 1 is 0.933 bits per heavy atom. The predicted molar refractivity (Wildman–Crippen MR) is 127 cm³/mol. The van der Waals surface area contributed by atoms with Crippen molar-refractivity contribution < 1.29 is 4.42 Å². The van der Waals surface area contributed by atoms with Gasteiger partial charge >= 0.3 is 0 Å². The molecule has 2 heteroatoms. The summed E-state index contributed by atoms with van der Waals surface area (Å²) in [6.45, 7) is 8.98. The highest BCUT2D eigenvalue weighted by Gasteiger charge is 2.37. The fourth-order valence-corrected chi connectivity index (χ4v) is 4.79. The quantitative estimate of drug-likeness (QED) is 0.408. The molecule has 30 heavy (non-hydrogen) atoms. The number of allylic oxidation sites excluding steroid dienone is 4. The molecule has 0 saturated heterocycles. The van der Waals surface area contributed by atoms with E-state index >= 15 is 0 Å². The average Bonchev–Trinajstić information content (AvgIpc) is 3.22. The molecule has 4 aromatic rings. The van der Waals surface area contributed by atoms with E-state index in [1.54, 1.807) is 0 Å². The van der Waals surface area contributed by atoms with E-state index in [4.69, 9.17) is 10.2 Å². The summed E-state index contributed by atoms with van der Waals surface area (Å²) in [5.41, 5.74) is 15.1. The first-order valence-corrected chi connectivity index (χ1v) is 10.3. The maximum atomic E-state index is 6.00. The molecule has 0 radical (unpaired) electrons. The first-order chi connectivity index (χ1) is 14.5. The van der Waals surface area contributed by atoms with E-state index in [0.717, 1.165) is 21.9 Å². The van der Waals surface area contributed by atoms with Crippen molar-refractivity contribution in [3.63, 3.8) is 0 Å². The van der Waals surface area contributed by atoms with Crippen LogP contribution in [0.3, 0.4) is 0 Å². The Hall–Kier alpha value is -3.36. The van der Waals surface area contributed by atoms with E-state index in [1.807, 2.05) is 18.2 Å². The number of hydrogen-bond acceptors (Lipinski definition) is 2. The van der Waals surface area contributed by atoms with Crippen molar-refractivity contribution in [2.24, 2.45) is 5.73 Å². The summed E-state index contributed by atoms with van der Waals surface area (Å²) in [6, 6.07) is 21.4. The third-order valence-electron chi connectivity index (χ3n) is 6.26. The Kier molecular flexibility index (Phi) is 4.27. The molecule has 1 aliphatic carbocycles. The fraction of sp³-hybridized carbons (Fsp3) is 0.143. The molecular formula is C28H25NO. The van der Waals surface area contributed by atoms with Gasteiger partial charge in [-0.1, -0.05) is 75.1 Å². The maximum absolute atomic E-state index is 6.00. The molecule has 1 aliphatic rings. The molecule has 0 spiro atoms. The van der Waals surface area contributed by atoms with Gasteiger partial charge in [-0.15, -0.1) is 0 Å². The van der Waals surface area contributed by atoms with Crippen molar-refractivity contribution in [2.45, 2.75) is 19.3 Å². The second kappa shape index (κ2) is 6.86. The molecule has 0 fully saturated rings. The van der Waals surface area contributed by atoms with Crippen molar-refractivity contribution in [1.82, 2.24) is 0 Å². The van der Waals surface area contributed by atoms with Crippen LogP contribution in [0.5, 0.6) is 0 Å². The number of fused-ring (bicyclic) bond motifs is 4. The Labute approximate surface area is 177 Å². The zero-order valence-corrected chi connectivity index (χ0v) is 17.4. The lowest BCUT2D eigenvalue weighted by Crippen LogP contribution is -2.16. The summed E-state index contributed by atoms with van der Waals surface area (Å²) < 4.78 is 6.00. The van der Waals surface area contributed by atoms with Crippen LogP contribution in [0.25, 0.3) is 38.6 Å².